The van der Waals surface area contributed by atoms with Gasteiger partial charge in [0, 0.05) is 30.4 Å². The summed E-state index contributed by atoms with van der Waals surface area (Å²) >= 11 is 0. The Kier molecular flexibility index (Phi) is 4.18. The molecule has 3 heterocycles. The summed E-state index contributed by atoms with van der Waals surface area (Å²) in [6.45, 7) is 7.60. The van der Waals surface area contributed by atoms with Crippen molar-refractivity contribution in [2.75, 3.05) is 13.1 Å². The second kappa shape index (κ2) is 6.52. The van der Waals surface area contributed by atoms with E-state index in [1.807, 2.05) is 24.8 Å². The lowest BCUT2D eigenvalue weighted by atomic mass is 9.94. The normalized spacial score (nSPS) is 17.2. The largest absolute Gasteiger partial charge is 0.342 e. The molecule has 1 aliphatic heterocycles. The molecule has 1 saturated heterocycles. The quantitative estimate of drug-likeness (QED) is 0.729. The highest BCUT2D eigenvalue weighted by molar-refractivity contribution is 5.78. The fourth-order valence-electron chi connectivity index (χ4n) is 3.82. The maximum absolute atomic E-state index is 12.7. The molecule has 1 amide bonds. The molecule has 6 heteroatoms. The molecule has 134 valence electrons. The smallest absolute Gasteiger partial charge is 0.252 e. The number of fused-ring (bicyclic) bond motifs is 1. The molecular formula is C20H23N5O. The molecule has 4 rings (SSSR count). The Morgan fingerprint density at radius 3 is 2.81 bits per heavy atom. The van der Waals surface area contributed by atoms with Gasteiger partial charge in [-0.15, -0.1) is 5.10 Å². The van der Waals surface area contributed by atoms with Crippen LogP contribution in [0.1, 0.15) is 40.7 Å². The van der Waals surface area contributed by atoms with E-state index in [0.29, 0.717) is 17.5 Å². The van der Waals surface area contributed by atoms with Crippen LogP contribution in [-0.2, 0) is 11.2 Å². The van der Waals surface area contributed by atoms with Crippen LogP contribution in [0.15, 0.2) is 30.3 Å². The molecule has 1 fully saturated rings. The van der Waals surface area contributed by atoms with Crippen molar-refractivity contribution in [2.45, 2.75) is 39.5 Å². The monoisotopic (exact) mass is 349 g/mol. The first-order valence-corrected chi connectivity index (χ1v) is 9.04. The van der Waals surface area contributed by atoms with Crippen LogP contribution in [0.5, 0.6) is 0 Å². The number of amides is 1. The summed E-state index contributed by atoms with van der Waals surface area (Å²) in [6, 6.07) is 10.4. The van der Waals surface area contributed by atoms with Gasteiger partial charge in [0.05, 0.1) is 6.42 Å². The van der Waals surface area contributed by atoms with E-state index >= 15 is 0 Å². The molecule has 1 atom stereocenters. The van der Waals surface area contributed by atoms with Crippen molar-refractivity contribution in [3.63, 3.8) is 0 Å². The minimum Gasteiger partial charge on any atom is -0.342 e. The highest BCUT2D eigenvalue weighted by Gasteiger charge is 2.28. The number of nitrogens with zero attached hydrogens (tertiary/aromatic N) is 5. The van der Waals surface area contributed by atoms with Crippen molar-refractivity contribution in [3.05, 3.63) is 58.7 Å². The van der Waals surface area contributed by atoms with Gasteiger partial charge in [-0.05, 0) is 44.4 Å². The molecule has 0 N–H and O–H groups in total. The van der Waals surface area contributed by atoms with Crippen LogP contribution in [-0.4, -0.2) is 43.5 Å². The molecule has 0 unspecified atom stereocenters. The second-order valence-electron chi connectivity index (χ2n) is 7.14. The van der Waals surface area contributed by atoms with E-state index in [4.69, 9.17) is 0 Å². The first-order valence-electron chi connectivity index (χ1n) is 9.04. The minimum absolute atomic E-state index is 0.0892. The lowest BCUT2D eigenvalue weighted by molar-refractivity contribution is -0.129. The zero-order valence-corrected chi connectivity index (χ0v) is 15.4. The zero-order chi connectivity index (χ0) is 18.3. The SMILES string of the molecule is Cc1cc(C)n2nc(CC(=O)N3CC[C@H](c4ccccc4C)C3)nc2n1. The number of aromatic nitrogens is 4. The minimum atomic E-state index is 0.0892. The molecule has 1 aromatic carbocycles. The van der Waals surface area contributed by atoms with Crippen molar-refractivity contribution in [3.8, 4) is 0 Å². The molecule has 0 spiro atoms. The van der Waals surface area contributed by atoms with Crippen molar-refractivity contribution in [2.24, 2.45) is 0 Å². The number of aryl methyl sites for hydroxylation is 3. The molecular weight excluding hydrogens is 326 g/mol. The molecule has 3 aromatic rings. The molecule has 2 aromatic heterocycles. The summed E-state index contributed by atoms with van der Waals surface area (Å²) in [7, 11) is 0. The first kappa shape index (κ1) is 16.7. The molecule has 0 radical (unpaired) electrons. The third-order valence-electron chi connectivity index (χ3n) is 5.14. The molecule has 6 nitrogen and oxygen atoms in total. The lowest BCUT2D eigenvalue weighted by Crippen LogP contribution is -2.30. The fraction of sp³-hybridized carbons (Fsp3) is 0.400. The van der Waals surface area contributed by atoms with Gasteiger partial charge in [-0.25, -0.2) is 9.50 Å². The Hall–Kier alpha value is -2.76. The van der Waals surface area contributed by atoms with Crippen molar-refractivity contribution in [1.29, 1.82) is 0 Å². The van der Waals surface area contributed by atoms with E-state index in [1.54, 1.807) is 4.52 Å². The molecule has 1 aliphatic rings. The number of hydrogen-bond acceptors (Lipinski definition) is 4. The van der Waals surface area contributed by atoms with E-state index in [0.717, 1.165) is 30.9 Å². The molecule has 0 saturated carbocycles. The van der Waals surface area contributed by atoms with Crippen LogP contribution in [0.2, 0.25) is 0 Å². The maximum atomic E-state index is 12.7. The Morgan fingerprint density at radius 2 is 2.00 bits per heavy atom. The van der Waals surface area contributed by atoms with Crippen LogP contribution in [0.3, 0.4) is 0 Å². The third kappa shape index (κ3) is 3.07. The molecule has 26 heavy (non-hydrogen) atoms. The summed E-state index contributed by atoms with van der Waals surface area (Å²) in [5.41, 5.74) is 4.52. The van der Waals surface area contributed by atoms with Crippen LogP contribution < -0.4 is 0 Å². The van der Waals surface area contributed by atoms with E-state index in [2.05, 4.69) is 46.3 Å². The predicted octanol–water partition coefficient (Wildman–Crippen LogP) is 2.61. The predicted molar refractivity (Wildman–Crippen MR) is 99.1 cm³/mol. The summed E-state index contributed by atoms with van der Waals surface area (Å²) in [4.78, 5) is 23.5. The summed E-state index contributed by atoms with van der Waals surface area (Å²) in [5, 5.41) is 4.45. The zero-order valence-electron chi connectivity index (χ0n) is 15.4. The number of carbonyl (C=O) groups excluding carboxylic acids is 1. The number of benzene rings is 1. The Balaban J connectivity index is 1.47. The number of rotatable bonds is 3. The van der Waals surface area contributed by atoms with Gasteiger partial charge in [0.2, 0.25) is 5.91 Å². The summed E-state index contributed by atoms with van der Waals surface area (Å²) < 4.78 is 1.70. The fourth-order valence-corrected chi connectivity index (χ4v) is 3.82. The average Bonchev–Trinajstić information content (AvgIpc) is 3.22. The Bertz CT molecular complexity index is 977. The van der Waals surface area contributed by atoms with Gasteiger partial charge in [0.25, 0.3) is 5.78 Å². The van der Waals surface area contributed by atoms with E-state index < -0.39 is 0 Å². The van der Waals surface area contributed by atoms with Crippen molar-refractivity contribution in [1.82, 2.24) is 24.5 Å². The Morgan fingerprint density at radius 1 is 1.19 bits per heavy atom. The highest BCUT2D eigenvalue weighted by atomic mass is 16.2. The lowest BCUT2D eigenvalue weighted by Gasteiger charge is -2.17. The van der Waals surface area contributed by atoms with Crippen molar-refractivity contribution >= 4 is 11.7 Å². The van der Waals surface area contributed by atoms with Gasteiger partial charge >= 0.3 is 0 Å². The van der Waals surface area contributed by atoms with E-state index in [9.17, 15) is 4.79 Å². The topological polar surface area (TPSA) is 63.4 Å². The number of hydrogen-bond donors (Lipinski definition) is 0. The van der Waals surface area contributed by atoms with Crippen LogP contribution in [0.4, 0.5) is 0 Å². The number of likely N-dealkylation sites (tertiary alicyclic amines) is 1. The van der Waals surface area contributed by atoms with Crippen LogP contribution in [0.25, 0.3) is 5.78 Å². The summed E-state index contributed by atoms with van der Waals surface area (Å²) in [6.07, 6.45) is 1.23. The van der Waals surface area contributed by atoms with Crippen LogP contribution >= 0.6 is 0 Å². The highest BCUT2D eigenvalue weighted by Crippen LogP contribution is 2.29. The van der Waals surface area contributed by atoms with Gasteiger partial charge in [-0.3, -0.25) is 4.79 Å². The average molecular weight is 349 g/mol. The Labute approximate surface area is 152 Å². The maximum Gasteiger partial charge on any atom is 0.252 e. The number of carbonyl (C=O) groups is 1. The van der Waals surface area contributed by atoms with E-state index in [1.165, 1.54) is 11.1 Å². The van der Waals surface area contributed by atoms with Gasteiger partial charge in [0.15, 0.2) is 5.82 Å². The van der Waals surface area contributed by atoms with Gasteiger partial charge in [-0.2, -0.15) is 4.98 Å². The summed E-state index contributed by atoms with van der Waals surface area (Å²) in [5.74, 6) is 1.60. The standard InChI is InChI=1S/C20H23N5O/c1-13-6-4-5-7-17(13)16-8-9-24(12-16)19(26)11-18-22-20-21-14(2)10-15(3)25(20)23-18/h4-7,10,16H,8-9,11-12H2,1-3H3/t16-/m0/s1. The second-order valence-corrected chi connectivity index (χ2v) is 7.14. The van der Waals surface area contributed by atoms with Gasteiger partial charge < -0.3 is 4.90 Å². The van der Waals surface area contributed by atoms with Crippen molar-refractivity contribution < 1.29 is 4.79 Å². The van der Waals surface area contributed by atoms with Crippen LogP contribution in [0, 0.1) is 20.8 Å². The van der Waals surface area contributed by atoms with Gasteiger partial charge in [-0.1, -0.05) is 24.3 Å². The molecule has 0 bridgehead atoms. The first-order chi connectivity index (χ1) is 12.5. The van der Waals surface area contributed by atoms with E-state index in [-0.39, 0.29) is 12.3 Å². The van der Waals surface area contributed by atoms with Gasteiger partial charge in [0.1, 0.15) is 0 Å². The molecule has 0 aliphatic carbocycles. The third-order valence-corrected chi connectivity index (χ3v) is 5.14.